The predicted octanol–water partition coefficient (Wildman–Crippen LogP) is 2.29. The highest BCUT2D eigenvalue weighted by molar-refractivity contribution is 5.89. The number of pyridine rings is 1. The number of ether oxygens (including phenoxy) is 1. The Labute approximate surface area is 116 Å². The molecule has 0 bridgehead atoms. The van der Waals surface area contributed by atoms with Crippen LogP contribution in [-0.2, 0) is 4.79 Å². The molecule has 1 aromatic heterocycles. The van der Waals surface area contributed by atoms with Crippen molar-refractivity contribution in [3.8, 4) is 5.75 Å². The molecule has 0 saturated carbocycles. The van der Waals surface area contributed by atoms with E-state index in [9.17, 15) is 14.7 Å². The summed E-state index contributed by atoms with van der Waals surface area (Å²) >= 11 is 0. The first-order valence-electron chi connectivity index (χ1n) is 6.55. The summed E-state index contributed by atoms with van der Waals surface area (Å²) in [5.41, 5.74) is 0.863. The van der Waals surface area contributed by atoms with Crippen LogP contribution in [0.5, 0.6) is 5.75 Å². The summed E-state index contributed by atoms with van der Waals surface area (Å²) in [4.78, 5) is 25.2. The topological polar surface area (TPSA) is 79.4 Å². The van der Waals surface area contributed by atoms with Crippen LogP contribution in [0.1, 0.15) is 38.4 Å². The number of hydrogen-bond donors (Lipinski definition) is 2. The second-order valence-corrected chi connectivity index (χ2v) is 4.66. The highest BCUT2D eigenvalue weighted by Gasteiger charge is 2.14. The molecular weight excluding hydrogens is 258 g/mol. The minimum absolute atomic E-state index is 0.284. The van der Waals surface area contributed by atoms with E-state index < -0.39 is 12.1 Å². The molecule has 1 atom stereocenters. The first-order chi connectivity index (χ1) is 9.52. The molecule has 1 aromatic carbocycles. The minimum atomic E-state index is -0.611. The lowest BCUT2D eigenvalue weighted by Gasteiger charge is -2.14. The Morgan fingerprint density at radius 3 is 2.75 bits per heavy atom. The second kappa shape index (κ2) is 5.88. The summed E-state index contributed by atoms with van der Waals surface area (Å²) in [6.45, 7) is 3.28. The van der Waals surface area contributed by atoms with Gasteiger partial charge in [-0.3, -0.25) is 9.59 Å². The fourth-order valence-corrected chi connectivity index (χ4v) is 2.21. The molecule has 0 aliphatic heterocycles. The highest BCUT2D eigenvalue weighted by Crippen LogP contribution is 2.31. The molecule has 1 heterocycles. The Hall–Kier alpha value is -2.14. The zero-order valence-electron chi connectivity index (χ0n) is 11.5. The number of carbonyl (C=O) groups excluding carboxylic acids is 1. The standard InChI is InChI=1S/C15H17NO4/c1-3-4-12(18)10-5-7-13(20-9(2)17)15-11(10)6-8-14(19)16-15/h5-8,12,18H,3-4H2,1-2H3,(H,16,19). The third-order valence-electron chi connectivity index (χ3n) is 3.07. The number of nitrogens with one attached hydrogen (secondary N) is 1. The van der Waals surface area contributed by atoms with Gasteiger partial charge in [-0.25, -0.2) is 0 Å². The van der Waals surface area contributed by atoms with Gasteiger partial charge in [-0.1, -0.05) is 19.4 Å². The Morgan fingerprint density at radius 1 is 1.35 bits per heavy atom. The quantitative estimate of drug-likeness (QED) is 0.662. The van der Waals surface area contributed by atoms with Crippen molar-refractivity contribution in [2.45, 2.75) is 32.8 Å². The number of esters is 1. The smallest absolute Gasteiger partial charge is 0.308 e. The average Bonchev–Trinajstić information content (AvgIpc) is 2.39. The Morgan fingerprint density at radius 2 is 2.10 bits per heavy atom. The molecule has 0 fully saturated rings. The molecule has 0 saturated heterocycles. The molecule has 0 amide bonds. The van der Waals surface area contributed by atoms with Crippen molar-refractivity contribution in [1.29, 1.82) is 0 Å². The van der Waals surface area contributed by atoms with Gasteiger partial charge in [0.25, 0.3) is 0 Å². The largest absolute Gasteiger partial charge is 0.424 e. The van der Waals surface area contributed by atoms with Gasteiger partial charge < -0.3 is 14.8 Å². The van der Waals surface area contributed by atoms with Crippen molar-refractivity contribution in [3.63, 3.8) is 0 Å². The maximum atomic E-state index is 11.5. The van der Waals surface area contributed by atoms with E-state index >= 15 is 0 Å². The van der Waals surface area contributed by atoms with Gasteiger partial charge in [0, 0.05) is 18.4 Å². The molecule has 20 heavy (non-hydrogen) atoms. The van der Waals surface area contributed by atoms with Crippen molar-refractivity contribution in [2.75, 3.05) is 0 Å². The molecule has 5 heteroatoms. The highest BCUT2D eigenvalue weighted by atomic mass is 16.5. The Kier molecular flexibility index (Phi) is 4.20. The summed E-state index contributed by atoms with van der Waals surface area (Å²) in [6.07, 6.45) is 0.860. The third-order valence-corrected chi connectivity index (χ3v) is 3.07. The number of aromatic nitrogens is 1. The number of aromatic amines is 1. The molecule has 1 unspecified atom stereocenters. The number of benzene rings is 1. The minimum Gasteiger partial charge on any atom is -0.424 e. The second-order valence-electron chi connectivity index (χ2n) is 4.66. The summed E-state index contributed by atoms with van der Waals surface area (Å²) < 4.78 is 5.09. The van der Waals surface area contributed by atoms with Crippen LogP contribution in [0.15, 0.2) is 29.1 Å². The normalized spacial score (nSPS) is 12.3. The van der Waals surface area contributed by atoms with Crippen LogP contribution in [0.2, 0.25) is 0 Å². The zero-order chi connectivity index (χ0) is 14.7. The Bertz CT molecular complexity index is 690. The summed E-state index contributed by atoms with van der Waals surface area (Å²) in [7, 11) is 0. The number of rotatable bonds is 4. The molecule has 0 aliphatic rings. The van der Waals surface area contributed by atoms with Crippen LogP contribution in [0, 0.1) is 0 Å². The number of H-pyrrole nitrogens is 1. The summed E-state index contributed by atoms with van der Waals surface area (Å²) in [5.74, 6) is -0.171. The third kappa shape index (κ3) is 2.88. The van der Waals surface area contributed by atoms with Gasteiger partial charge >= 0.3 is 5.97 Å². The van der Waals surface area contributed by atoms with E-state index in [2.05, 4.69) is 4.98 Å². The molecule has 2 rings (SSSR count). The molecule has 106 valence electrons. The maximum absolute atomic E-state index is 11.5. The fourth-order valence-electron chi connectivity index (χ4n) is 2.21. The van der Waals surface area contributed by atoms with Gasteiger partial charge in [-0.15, -0.1) is 0 Å². The van der Waals surface area contributed by atoms with Crippen LogP contribution < -0.4 is 10.3 Å². The molecule has 0 radical (unpaired) electrons. The number of carbonyl (C=O) groups is 1. The lowest BCUT2D eigenvalue weighted by Crippen LogP contribution is -2.09. The summed E-state index contributed by atoms with van der Waals surface area (Å²) in [6, 6.07) is 6.34. The van der Waals surface area contributed by atoms with Crippen molar-refractivity contribution in [2.24, 2.45) is 0 Å². The van der Waals surface area contributed by atoms with Crippen LogP contribution >= 0.6 is 0 Å². The number of aliphatic hydroxyl groups is 1. The van der Waals surface area contributed by atoms with E-state index in [1.165, 1.54) is 13.0 Å². The maximum Gasteiger partial charge on any atom is 0.308 e. The van der Waals surface area contributed by atoms with E-state index in [0.29, 0.717) is 22.9 Å². The van der Waals surface area contributed by atoms with E-state index in [-0.39, 0.29) is 11.3 Å². The molecular formula is C15H17NO4. The van der Waals surface area contributed by atoms with Crippen molar-refractivity contribution in [3.05, 3.63) is 40.2 Å². The van der Waals surface area contributed by atoms with Gasteiger partial charge in [0.2, 0.25) is 5.56 Å². The molecule has 0 aliphatic carbocycles. The predicted molar refractivity (Wildman–Crippen MR) is 75.7 cm³/mol. The van der Waals surface area contributed by atoms with Crippen LogP contribution in [0.4, 0.5) is 0 Å². The fraction of sp³-hybridized carbons (Fsp3) is 0.333. The van der Waals surface area contributed by atoms with Gasteiger partial charge in [0.15, 0.2) is 5.75 Å². The van der Waals surface area contributed by atoms with Crippen molar-refractivity contribution in [1.82, 2.24) is 4.98 Å². The zero-order valence-corrected chi connectivity index (χ0v) is 11.5. The van der Waals surface area contributed by atoms with Gasteiger partial charge in [0.05, 0.1) is 11.6 Å². The number of aliphatic hydroxyl groups excluding tert-OH is 1. The molecule has 5 nitrogen and oxygen atoms in total. The summed E-state index contributed by atoms with van der Waals surface area (Å²) in [5, 5.41) is 10.8. The van der Waals surface area contributed by atoms with Crippen LogP contribution in [0.3, 0.4) is 0 Å². The van der Waals surface area contributed by atoms with Crippen molar-refractivity contribution < 1.29 is 14.6 Å². The number of fused-ring (bicyclic) bond motifs is 1. The van der Waals surface area contributed by atoms with E-state index in [1.807, 2.05) is 6.92 Å². The first kappa shape index (κ1) is 14.3. The number of hydrogen-bond acceptors (Lipinski definition) is 4. The monoisotopic (exact) mass is 275 g/mol. The molecule has 2 N–H and O–H groups in total. The van der Waals surface area contributed by atoms with E-state index in [0.717, 1.165) is 6.42 Å². The van der Waals surface area contributed by atoms with Crippen molar-refractivity contribution >= 4 is 16.9 Å². The van der Waals surface area contributed by atoms with Gasteiger partial charge in [0.1, 0.15) is 0 Å². The van der Waals surface area contributed by atoms with Crippen LogP contribution in [0.25, 0.3) is 10.9 Å². The molecule has 2 aromatic rings. The van der Waals surface area contributed by atoms with E-state index in [4.69, 9.17) is 4.74 Å². The SMILES string of the molecule is CCCC(O)c1ccc(OC(C)=O)c2[nH]c(=O)ccc12. The van der Waals surface area contributed by atoms with Gasteiger partial charge in [-0.05, 0) is 24.1 Å². The molecule has 0 spiro atoms. The van der Waals surface area contributed by atoms with E-state index in [1.54, 1.807) is 18.2 Å². The van der Waals surface area contributed by atoms with Crippen LogP contribution in [-0.4, -0.2) is 16.1 Å². The van der Waals surface area contributed by atoms with Gasteiger partial charge in [-0.2, -0.15) is 0 Å². The Balaban J connectivity index is 2.63. The first-order valence-corrected chi connectivity index (χ1v) is 6.55. The lowest BCUT2D eigenvalue weighted by molar-refractivity contribution is -0.131. The average molecular weight is 275 g/mol. The lowest BCUT2D eigenvalue weighted by atomic mass is 10.00.